The predicted molar refractivity (Wildman–Crippen MR) is 77.7 cm³/mol. The van der Waals surface area contributed by atoms with Gasteiger partial charge in [-0.2, -0.15) is 4.31 Å². The van der Waals surface area contributed by atoms with Crippen LogP contribution in [0.1, 0.15) is 27.7 Å². The van der Waals surface area contributed by atoms with Gasteiger partial charge in [0.05, 0.1) is 5.69 Å². The molecule has 1 N–H and O–H groups in total. The fourth-order valence-electron chi connectivity index (χ4n) is 1.85. The zero-order chi connectivity index (χ0) is 14.5. The van der Waals surface area contributed by atoms with E-state index in [0.29, 0.717) is 25.3 Å². The van der Waals surface area contributed by atoms with Gasteiger partial charge >= 0.3 is 0 Å². The number of hydrogen-bond acceptors (Lipinski definition) is 4. The molecule has 6 heteroatoms. The van der Waals surface area contributed by atoms with E-state index in [1.165, 1.54) is 10.5 Å². The van der Waals surface area contributed by atoms with Gasteiger partial charge in [0.2, 0.25) is 0 Å². The van der Waals surface area contributed by atoms with Gasteiger partial charge in [-0.1, -0.05) is 20.8 Å². The van der Waals surface area contributed by atoms with Crippen LogP contribution in [-0.4, -0.2) is 37.3 Å². The van der Waals surface area contributed by atoms with Crippen molar-refractivity contribution < 1.29 is 8.42 Å². The van der Waals surface area contributed by atoms with Crippen molar-refractivity contribution >= 4 is 15.7 Å². The van der Waals surface area contributed by atoms with Gasteiger partial charge < -0.3 is 5.32 Å². The number of anilines is 1. The molecular weight excluding hydrogens is 262 g/mol. The minimum atomic E-state index is -3.54. The molecule has 0 bridgehead atoms. The molecule has 0 aliphatic carbocycles. The highest BCUT2D eigenvalue weighted by Gasteiger charge is 2.27. The highest BCUT2D eigenvalue weighted by Crippen LogP contribution is 2.22. The molecule has 108 valence electrons. The maximum atomic E-state index is 12.6. The van der Waals surface area contributed by atoms with Gasteiger partial charge in [-0.15, -0.1) is 0 Å². The van der Waals surface area contributed by atoms with Crippen molar-refractivity contribution in [2.24, 2.45) is 5.92 Å². The van der Waals surface area contributed by atoms with Gasteiger partial charge in [0.1, 0.15) is 0 Å². The summed E-state index contributed by atoms with van der Waals surface area (Å²) in [7, 11) is -3.54. The molecule has 0 aliphatic heterocycles. The molecule has 0 fully saturated rings. The van der Waals surface area contributed by atoms with Crippen LogP contribution in [0.15, 0.2) is 23.4 Å². The lowest BCUT2D eigenvalue weighted by Crippen LogP contribution is -2.35. The van der Waals surface area contributed by atoms with Gasteiger partial charge in [-0.3, -0.25) is 0 Å². The van der Waals surface area contributed by atoms with E-state index in [2.05, 4.69) is 10.3 Å². The fourth-order valence-corrected chi connectivity index (χ4v) is 3.54. The zero-order valence-corrected chi connectivity index (χ0v) is 12.9. The topological polar surface area (TPSA) is 62.3 Å². The maximum absolute atomic E-state index is 12.6. The normalized spacial score (nSPS) is 12.1. The average Bonchev–Trinajstić information content (AvgIpc) is 2.36. The number of sulfonamides is 1. The molecule has 0 saturated carbocycles. The summed E-state index contributed by atoms with van der Waals surface area (Å²) in [5, 5.41) is 3.16. The minimum absolute atomic E-state index is 0.111. The summed E-state index contributed by atoms with van der Waals surface area (Å²) in [5.74, 6) is 0.279. The molecule has 0 aromatic carbocycles. The van der Waals surface area contributed by atoms with E-state index in [-0.39, 0.29) is 10.9 Å². The first-order valence-electron chi connectivity index (χ1n) is 6.62. The summed E-state index contributed by atoms with van der Waals surface area (Å²) in [4.78, 5) is 4.05. The van der Waals surface area contributed by atoms with Gasteiger partial charge in [-0.25, -0.2) is 13.4 Å². The Kier molecular flexibility index (Phi) is 5.75. The van der Waals surface area contributed by atoms with Crippen molar-refractivity contribution in [1.82, 2.24) is 9.29 Å². The lowest BCUT2D eigenvalue weighted by atomic mass is 10.2. The molecular formula is C13H23N3O2S. The molecule has 1 heterocycles. The standard InChI is InChI=1S/C13H23N3O2S/c1-5-14-12-8-7-9-15-13(12)19(17,18)16(6-2)10-11(3)4/h7-9,11,14H,5-6,10H2,1-4H3. The summed E-state index contributed by atoms with van der Waals surface area (Å²) in [5.41, 5.74) is 0.562. The Morgan fingerprint density at radius 3 is 2.58 bits per heavy atom. The smallest absolute Gasteiger partial charge is 0.262 e. The molecule has 0 amide bonds. The van der Waals surface area contributed by atoms with Gasteiger partial charge in [0.25, 0.3) is 10.0 Å². The Morgan fingerprint density at radius 1 is 1.37 bits per heavy atom. The Morgan fingerprint density at radius 2 is 2.05 bits per heavy atom. The van der Waals surface area contributed by atoms with E-state index >= 15 is 0 Å². The molecule has 0 aliphatic rings. The lowest BCUT2D eigenvalue weighted by molar-refractivity contribution is 0.379. The Labute approximate surface area is 116 Å². The van der Waals surface area contributed by atoms with Crippen LogP contribution in [0.2, 0.25) is 0 Å². The van der Waals surface area contributed by atoms with Gasteiger partial charge in [0.15, 0.2) is 5.03 Å². The van der Waals surface area contributed by atoms with Gasteiger partial charge in [-0.05, 0) is 25.0 Å². The predicted octanol–water partition coefficient (Wildman–Crippen LogP) is 2.18. The largest absolute Gasteiger partial charge is 0.383 e. The Hall–Kier alpha value is -1.14. The second kappa shape index (κ2) is 6.86. The zero-order valence-electron chi connectivity index (χ0n) is 12.0. The van der Waals surface area contributed by atoms with Crippen LogP contribution in [-0.2, 0) is 10.0 Å². The highest BCUT2D eigenvalue weighted by molar-refractivity contribution is 7.89. The minimum Gasteiger partial charge on any atom is -0.383 e. The quantitative estimate of drug-likeness (QED) is 0.834. The van der Waals surface area contributed by atoms with Crippen LogP contribution < -0.4 is 5.32 Å². The van der Waals surface area contributed by atoms with Crippen LogP contribution in [0.5, 0.6) is 0 Å². The summed E-state index contributed by atoms with van der Waals surface area (Å²) in [6.07, 6.45) is 1.51. The Bertz CT molecular complexity index is 500. The summed E-state index contributed by atoms with van der Waals surface area (Å²) >= 11 is 0. The third-order valence-electron chi connectivity index (χ3n) is 2.64. The summed E-state index contributed by atoms with van der Waals surface area (Å²) < 4.78 is 26.7. The molecule has 0 radical (unpaired) electrons. The van der Waals surface area contributed by atoms with Crippen LogP contribution in [0.25, 0.3) is 0 Å². The maximum Gasteiger partial charge on any atom is 0.262 e. The van der Waals surface area contributed by atoms with E-state index in [1.54, 1.807) is 12.1 Å². The molecule has 0 saturated heterocycles. The van der Waals surface area contributed by atoms with Crippen LogP contribution in [0, 0.1) is 5.92 Å². The van der Waals surface area contributed by atoms with E-state index in [4.69, 9.17) is 0 Å². The van der Waals surface area contributed by atoms with Crippen molar-refractivity contribution in [1.29, 1.82) is 0 Å². The fraction of sp³-hybridized carbons (Fsp3) is 0.615. The molecule has 5 nitrogen and oxygen atoms in total. The SMILES string of the molecule is CCNc1cccnc1S(=O)(=O)N(CC)CC(C)C. The first-order chi connectivity index (χ1) is 8.93. The number of nitrogens with one attached hydrogen (secondary N) is 1. The van der Waals surface area contributed by atoms with Crippen molar-refractivity contribution in [3.63, 3.8) is 0 Å². The molecule has 0 spiro atoms. The van der Waals surface area contributed by atoms with E-state index < -0.39 is 10.0 Å². The van der Waals surface area contributed by atoms with Crippen LogP contribution in [0.4, 0.5) is 5.69 Å². The summed E-state index contributed by atoms with van der Waals surface area (Å²) in [6, 6.07) is 3.47. The van der Waals surface area contributed by atoms with Crippen molar-refractivity contribution in [2.75, 3.05) is 25.0 Å². The first kappa shape index (κ1) is 15.9. The second-order valence-corrected chi connectivity index (χ2v) is 6.59. The van der Waals surface area contributed by atoms with E-state index in [0.717, 1.165) is 0 Å². The number of aromatic nitrogens is 1. The molecule has 1 rings (SSSR count). The Balaban J connectivity index is 3.18. The third-order valence-corrected chi connectivity index (χ3v) is 4.55. The van der Waals surface area contributed by atoms with E-state index in [9.17, 15) is 8.42 Å². The molecule has 0 unspecified atom stereocenters. The number of pyridine rings is 1. The molecule has 0 atom stereocenters. The highest BCUT2D eigenvalue weighted by atomic mass is 32.2. The number of nitrogens with zero attached hydrogens (tertiary/aromatic N) is 2. The first-order valence-corrected chi connectivity index (χ1v) is 8.06. The molecule has 1 aromatic rings. The second-order valence-electron chi connectivity index (χ2n) is 4.74. The van der Waals surface area contributed by atoms with Gasteiger partial charge in [0, 0.05) is 25.8 Å². The van der Waals surface area contributed by atoms with Crippen molar-refractivity contribution in [3.8, 4) is 0 Å². The van der Waals surface area contributed by atoms with Crippen molar-refractivity contribution in [3.05, 3.63) is 18.3 Å². The van der Waals surface area contributed by atoms with E-state index in [1.807, 2.05) is 27.7 Å². The summed E-state index contributed by atoms with van der Waals surface area (Å²) in [6.45, 7) is 9.38. The van der Waals surface area contributed by atoms with Crippen LogP contribution in [0.3, 0.4) is 0 Å². The van der Waals surface area contributed by atoms with Crippen molar-refractivity contribution in [2.45, 2.75) is 32.7 Å². The molecule has 19 heavy (non-hydrogen) atoms. The van der Waals surface area contributed by atoms with Crippen LogP contribution >= 0.6 is 0 Å². The third kappa shape index (κ3) is 3.91. The monoisotopic (exact) mass is 285 g/mol. The molecule has 1 aromatic heterocycles. The number of rotatable bonds is 7. The average molecular weight is 285 g/mol. The lowest BCUT2D eigenvalue weighted by Gasteiger charge is -2.23. The number of hydrogen-bond donors (Lipinski definition) is 1.